The van der Waals surface area contributed by atoms with E-state index in [-0.39, 0.29) is 6.03 Å². The maximum Gasteiger partial charge on any atom is 0.317 e. The van der Waals surface area contributed by atoms with Gasteiger partial charge in [-0.05, 0) is 32.7 Å². The minimum absolute atomic E-state index is 0.131. The zero-order chi connectivity index (χ0) is 13.2. The molecule has 3 fully saturated rings. The van der Waals surface area contributed by atoms with Gasteiger partial charge in [-0.1, -0.05) is 6.42 Å². The van der Waals surface area contributed by atoms with Crippen LogP contribution in [0.25, 0.3) is 0 Å². The van der Waals surface area contributed by atoms with Crippen molar-refractivity contribution in [3.05, 3.63) is 0 Å². The first-order chi connectivity index (χ1) is 9.24. The van der Waals surface area contributed by atoms with E-state index in [1.165, 1.54) is 32.2 Å². The van der Waals surface area contributed by atoms with E-state index in [9.17, 15) is 4.79 Å². The smallest absolute Gasteiger partial charge is 0.317 e. The number of nitrogens with one attached hydrogen (secondary N) is 2. The number of piperidine rings is 1. The summed E-state index contributed by atoms with van der Waals surface area (Å²) in [5.41, 5.74) is 0. The molecule has 0 aromatic rings. The SMILES string of the molecule is CC(CC1CCCCN1)N1CCN2C(=O)NCC2C1. The fourth-order valence-electron chi connectivity index (χ4n) is 3.71. The van der Waals surface area contributed by atoms with Crippen molar-refractivity contribution in [3.8, 4) is 0 Å². The third kappa shape index (κ3) is 2.87. The van der Waals surface area contributed by atoms with Crippen LogP contribution in [-0.4, -0.2) is 66.7 Å². The van der Waals surface area contributed by atoms with E-state index in [0.717, 1.165) is 26.2 Å². The Balaban J connectivity index is 1.50. The van der Waals surface area contributed by atoms with Crippen LogP contribution in [0.4, 0.5) is 4.79 Å². The quantitative estimate of drug-likeness (QED) is 0.787. The number of hydrogen-bond donors (Lipinski definition) is 2. The summed E-state index contributed by atoms with van der Waals surface area (Å²) >= 11 is 0. The van der Waals surface area contributed by atoms with Gasteiger partial charge in [-0.25, -0.2) is 4.79 Å². The van der Waals surface area contributed by atoms with Crippen molar-refractivity contribution in [3.63, 3.8) is 0 Å². The Morgan fingerprint density at radius 1 is 1.37 bits per heavy atom. The monoisotopic (exact) mass is 266 g/mol. The Hall–Kier alpha value is -0.810. The molecule has 3 saturated heterocycles. The third-order valence-corrected chi connectivity index (χ3v) is 4.93. The maximum absolute atomic E-state index is 11.6. The average Bonchev–Trinajstić information content (AvgIpc) is 2.81. The molecule has 3 rings (SSSR count). The van der Waals surface area contributed by atoms with E-state index in [0.29, 0.717) is 18.1 Å². The predicted molar refractivity (Wildman–Crippen MR) is 75.2 cm³/mol. The molecular weight excluding hydrogens is 240 g/mol. The lowest BCUT2D eigenvalue weighted by Gasteiger charge is -2.41. The van der Waals surface area contributed by atoms with Gasteiger partial charge in [-0.3, -0.25) is 4.90 Å². The number of carbonyl (C=O) groups excluding carboxylic acids is 1. The molecule has 3 aliphatic heterocycles. The summed E-state index contributed by atoms with van der Waals surface area (Å²) in [4.78, 5) is 16.2. The van der Waals surface area contributed by atoms with Crippen molar-refractivity contribution >= 4 is 6.03 Å². The van der Waals surface area contributed by atoms with E-state index < -0.39 is 0 Å². The van der Waals surface area contributed by atoms with Crippen LogP contribution < -0.4 is 10.6 Å². The Morgan fingerprint density at radius 3 is 3.05 bits per heavy atom. The molecule has 2 N–H and O–H groups in total. The van der Waals surface area contributed by atoms with Crippen LogP contribution in [0.1, 0.15) is 32.6 Å². The molecule has 5 heteroatoms. The molecule has 108 valence electrons. The second-order valence-electron chi connectivity index (χ2n) is 6.26. The van der Waals surface area contributed by atoms with E-state index >= 15 is 0 Å². The van der Waals surface area contributed by atoms with Crippen LogP contribution in [0.15, 0.2) is 0 Å². The van der Waals surface area contributed by atoms with E-state index in [2.05, 4.69) is 22.5 Å². The maximum atomic E-state index is 11.6. The van der Waals surface area contributed by atoms with Crippen molar-refractivity contribution < 1.29 is 4.79 Å². The summed E-state index contributed by atoms with van der Waals surface area (Å²) in [5, 5.41) is 6.59. The van der Waals surface area contributed by atoms with Crippen molar-refractivity contribution in [2.75, 3.05) is 32.7 Å². The van der Waals surface area contributed by atoms with Gasteiger partial charge >= 0.3 is 6.03 Å². The van der Waals surface area contributed by atoms with Gasteiger partial charge in [0.25, 0.3) is 0 Å². The van der Waals surface area contributed by atoms with E-state index in [1.807, 2.05) is 4.90 Å². The minimum atomic E-state index is 0.131. The van der Waals surface area contributed by atoms with Gasteiger partial charge in [0, 0.05) is 38.3 Å². The number of amides is 2. The Bertz CT molecular complexity index is 329. The highest BCUT2D eigenvalue weighted by Crippen LogP contribution is 2.20. The number of hydrogen-bond acceptors (Lipinski definition) is 3. The summed E-state index contributed by atoms with van der Waals surface area (Å²) in [7, 11) is 0. The van der Waals surface area contributed by atoms with Crippen molar-refractivity contribution in [2.24, 2.45) is 0 Å². The Labute approximate surface area is 115 Å². The molecule has 5 nitrogen and oxygen atoms in total. The van der Waals surface area contributed by atoms with Crippen LogP contribution in [0.3, 0.4) is 0 Å². The van der Waals surface area contributed by atoms with Crippen molar-refractivity contribution in [1.29, 1.82) is 0 Å². The average molecular weight is 266 g/mol. The first-order valence-electron chi connectivity index (χ1n) is 7.76. The van der Waals surface area contributed by atoms with Gasteiger partial charge in [-0.2, -0.15) is 0 Å². The molecular formula is C14H26N4O. The Morgan fingerprint density at radius 2 is 2.26 bits per heavy atom. The molecule has 0 aromatic heterocycles. The first kappa shape index (κ1) is 13.2. The molecule has 0 aromatic carbocycles. The molecule has 3 heterocycles. The summed E-state index contributed by atoms with van der Waals surface area (Å²) in [6.45, 7) is 7.30. The summed E-state index contributed by atoms with van der Waals surface area (Å²) < 4.78 is 0. The first-order valence-corrected chi connectivity index (χ1v) is 7.76. The molecule has 2 amide bonds. The van der Waals surface area contributed by atoms with Gasteiger partial charge in [0.1, 0.15) is 0 Å². The Kier molecular flexibility index (Phi) is 3.93. The highest BCUT2D eigenvalue weighted by molar-refractivity contribution is 5.77. The van der Waals surface area contributed by atoms with E-state index in [1.54, 1.807) is 0 Å². The lowest BCUT2D eigenvalue weighted by Crippen LogP contribution is -2.55. The van der Waals surface area contributed by atoms with Gasteiger partial charge in [-0.15, -0.1) is 0 Å². The predicted octanol–water partition coefficient (Wildman–Crippen LogP) is 0.617. The number of fused-ring (bicyclic) bond motifs is 1. The zero-order valence-corrected chi connectivity index (χ0v) is 11.9. The topological polar surface area (TPSA) is 47.6 Å². The number of rotatable bonds is 3. The molecule has 0 spiro atoms. The molecule has 3 atom stereocenters. The van der Waals surface area contributed by atoms with Gasteiger partial charge < -0.3 is 15.5 Å². The molecule has 19 heavy (non-hydrogen) atoms. The normalized spacial score (nSPS) is 33.9. The number of carbonyl (C=O) groups is 1. The molecule has 0 bridgehead atoms. The number of urea groups is 1. The third-order valence-electron chi connectivity index (χ3n) is 4.93. The van der Waals surface area contributed by atoms with Crippen LogP contribution in [0.2, 0.25) is 0 Å². The summed E-state index contributed by atoms with van der Waals surface area (Å²) in [6.07, 6.45) is 5.28. The second kappa shape index (κ2) is 5.67. The van der Waals surface area contributed by atoms with Crippen LogP contribution in [-0.2, 0) is 0 Å². The molecule has 3 unspecified atom stereocenters. The number of nitrogens with zero attached hydrogens (tertiary/aromatic N) is 2. The largest absolute Gasteiger partial charge is 0.336 e. The van der Waals surface area contributed by atoms with Crippen LogP contribution in [0, 0.1) is 0 Å². The molecule has 0 aliphatic carbocycles. The van der Waals surface area contributed by atoms with Crippen LogP contribution in [0.5, 0.6) is 0 Å². The molecule has 0 radical (unpaired) electrons. The molecule has 0 saturated carbocycles. The zero-order valence-electron chi connectivity index (χ0n) is 11.9. The van der Waals surface area contributed by atoms with Crippen molar-refractivity contribution in [1.82, 2.24) is 20.4 Å². The standard InChI is InChI=1S/C14H26N4O/c1-11(8-12-4-2-3-5-15-12)17-6-7-18-13(10-17)9-16-14(18)19/h11-13,15H,2-10H2,1H3,(H,16,19). The van der Waals surface area contributed by atoms with Gasteiger partial charge in [0.15, 0.2) is 0 Å². The minimum Gasteiger partial charge on any atom is -0.336 e. The highest BCUT2D eigenvalue weighted by Gasteiger charge is 2.36. The van der Waals surface area contributed by atoms with E-state index in [4.69, 9.17) is 0 Å². The summed E-state index contributed by atoms with van der Waals surface area (Å²) in [5.74, 6) is 0. The highest BCUT2D eigenvalue weighted by atomic mass is 16.2. The lowest BCUT2D eigenvalue weighted by atomic mass is 9.97. The van der Waals surface area contributed by atoms with Crippen LogP contribution >= 0.6 is 0 Å². The fraction of sp³-hybridized carbons (Fsp3) is 0.929. The fourth-order valence-corrected chi connectivity index (χ4v) is 3.71. The van der Waals surface area contributed by atoms with Crippen molar-refractivity contribution in [2.45, 2.75) is 50.7 Å². The second-order valence-corrected chi connectivity index (χ2v) is 6.26. The van der Waals surface area contributed by atoms with Gasteiger partial charge in [0.05, 0.1) is 6.04 Å². The number of piperazine rings is 1. The lowest BCUT2D eigenvalue weighted by molar-refractivity contribution is 0.0849. The van der Waals surface area contributed by atoms with Gasteiger partial charge in [0.2, 0.25) is 0 Å². The molecule has 3 aliphatic rings. The summed E-state index contributed by atoms with van der Waals surface area (Å²) in [6, 6.07) is 1.84.